The number of aromatic nitrogens is 4. The average Bonchev–Trinajstić information content (AvgIpc) is 2.94. The molecule has 0 bridgehead atoms. The first-order valence-corrected chi connectivity index (χ1v) is 9.83. The molecule has 1 N–H and O–H groups in total. The highest BCUT2D eigenvalue weighted by Gasteiger charge is 2.15. The molecule has 0 spiro atoms. The third-order valence-corrected chi connectivity index (χ3v) is 5.51. The van der Waals surface area contributed by atoms with Crippen LogP contribution in [0.2, 0.25) is 10.0 Å². The molecular weight excluding hydrogens is 405 g/mol. The van der Waals surface area contributed by atoms with Gasteiger partial charge >= 0.3 is 0 Å². The quantitative estimate of drug-likeness (QED) is 0.608. The summed E-state index contributed by atoms with van der Waals surface area (Å²) in [5, 5.41) is 8.28. The lowest BCUT2D eigenvalue weighted by molar-refractivity contribution is -0.113. The largest absolute Gasteiger partial charge is 0.310 e. The van der Waals surface area contributed by atoms with Gasteiger partial charge in [-0.05, 0) is 39.0 Å². The molecule has 0 atom stereocenters. The van der Waals surface area contributed by atoms with Crippen molar-refractivity contribution in [1.29, 1.82) is 0 Å². The maximum atomic E-state index is 12.4. The van der Waals surface area contributed by atoms with Gasteiger partial charge in [-0.3, -0.25) is 4.79 Å². The number of anilines is 1. The van der Waals surface area contributed by atoms with Crippen molar-refractivity contribution in [3.8, 4) is 5.95 Å². The fourth-order valence-electron chi connectivity index (χ4n) is 2.48. The third-order valence-electron chi connectivity index (χ3n) is 3.53. The summed E-state index contributed by atoms with van der Waals surface area (Å²) in [5.74, 6) is 0.869. The van der Waals surface area contributed by atoms with E-state index in [1.807, 2.05) is 26.8 Å². The molecule has 0 radical (unpaired) electrons. The Morgan fingerprint density at radius 3 is 2.33 bits per heavy atom. The van der Waals surface area contributed by atoms with Crippen LogP contribution in [0.4, 0.5) is 5.82 Å². The van der Waals surface area contributed by atoms with Gasteiger partial charge in [-0.2, -0.15) is 9.78 Å². The fraction of sp³-hybridized carbons (Fsp3) is 0.222. The van der Waals surface area contributed by atoms with E-state index in [9.17, 15) is 4.79 Å². The van der Waals surface area contributed by atoms with Gasteiger partial charge in [0.15, 0.2) is 0 Å². The molecule has 0 aliphatic carbocycles. The van der Waals surface area contributed by atoms with E-state index in [4.69, 9.17) is 23.2 Å². The molecule has 9 heteroatoms. The summed E-state index contributed by atoms with van der Waals surface area (Å²) in [6.07, 6.45) is 0. The first-order chi connectivity index (χ1) is 12.8. The number of rotatable bonds is 5. The van der Waals surface area contributed by atoms with E-state index in [0.717, 1.165) is 17.1 Å². The second-order valence-corrected chi connectivity index (χ2v) is 7.72. The Kier molecular flexibility index (Phi) is 6.04. The number of thioether (sulfide) groups is 1. The van der Waals surface area contributed by atoms with Crippen LogP contribution in [0.1, 0.15) is 17.1 Å². The maximum Gasteiger partial charge on any atom is 0.252 e. The van der Waals surface area contributed by atoms with Crippen LogP contribution in [-0.4, -0.2) is 31.4 Å². The number of halogens is 2. The number of aryl methyl sites for hydroxylation is 3. The summed E-state index contributed by atoms with van der Waals surface area (Å²) in [4.78, 5) is 21.9. The van der Waals surface area contributed by atoms with Gasteiger partial charge in [-0.15, -0.1) is 11.8 Å². The van der Waals surface area contributed by atoms with Crippen molar-refractivity contribution in [2.45, 2.75) is 25.7 Å². The van der Waals surface area contributed by atoms with E-state index >= 15 is 0 Å². The Balaban J connectivity index is 1.77. The molecule has 3 aromatic rings. The molecule has 3 rings (SSSR count). The molecule has 2 heterocycles. The number of nitrogens with zero attached hydrogens (tertiary/aromatic N) is 4. The third kappa shape index (κ3) is 4.80. The van der Waals surface area contributed by atoms with E-state index in [-0.39, 0.29) is 11.7 Å². The van der Waals surface area contributed by atoms with E-state index < -0.39 is 0 Å². The van der Waals surface area contributed by atoms with E-state index in [1.165, 1.54) is 16.4 Å². The smallest absolute Gasteiger partial charge is 0.252 e. The zero-order valence-electron chi connectivity index (χ0n) is 15.0. The summed E-state index contributed by atoms with van der Waals surface area (Å²) in [7, 11) is 0. The fourth-order valence-corrected chi connectivity index (χ4v) is 3.96. The van der Waals surface area contributed by atoms with Gasteiger partial charge in [0, 0.05) is 22.3 Å². The predicted molar refractivity (Wildman–Crippen MR) is 109 cm³/mol. The van der Waals surface area contributed by atoms with Crippen molar-refractivity contribution in [3.05, 3.63) is 57.5 Å². The van der Waals surface area contributed by atoms with Crippen LogP contribution in [0.25, 0.3) is 5.95 Å². The lowest BCUT2D eigenvalue weighted by atomic mass is 10.4. The number of benzene rings is 1. The zero-order chi connectivity index (χ0) is 19.6. The highest BCUT2D eigenvalue weighted by molar-refractivity contribution is 8.00. The highest BCUT2D eigenvalue weighted by Crippen LogP contribution is 2.33. The second kappa shape index (κ2) is 8.29. The first kappa shape index (κ1) is 19.7. The number of amides is 1. The van der Waals surface area contributed by atoms with Crippen molar-refractivity contribution in [2.24, 2.45) is 0 Å². The molecule has 0 saturated heterocycles. The Labute approximate surface area is 171 Å². The minimum absolute atomic E-state index is 0.154. The van der Waals surface area contributed by atoms with Crippen LogP contribution >= 0.6 is 35.0 Å². The molecule has 27 heavy (non-hydrogen) atoms. The van der Waals surface area contributed by atoms with Gasteiger partial charge in [-0.25, -0.2) is 9.97 Å². The summed E-state index contributed by atoms with van der Waals surface area (Å²) in [6, 6.07) is 8.89. The van der Waals surface area contributed by atoms with Crippen molar-refractivity contribution in [1.82, 2.24) is 19.7 Å². The number of hydrogen-bond donors (Lipinski definition) is 1. The van der Waals surface area contributed by atoms with Gasteiger partial charge < -0.3 is 5.32 Å². The summed E-state index contributed by atoms with van der Waals surface area (Å²) < 4.78 is 1.53. The molecule has 0 aliphatic rings. The molecule has 0 saturated carbocycles. The van der Waals surface area contributed by atoms with Crippen molar-refractivity contribution < 1.29 is 4.79 Å². The van der Waals surface area contributed by atoms with Gasteiger partial charge in [0.25, 0.3) is 5.95 Å². The summed E-state index contributed by atoms with van der Waals surface area (Å²) >= 11 is 13.6. The number of carbonyl (C=O) groups excluding carboxylic acids is 1. The molecule has 2 aromatic heterocycles. The molecule has 0 fully saturated rings. The molecular formula is C18H17Cl2N5OS. The topological polar surface area (TPSA) is 72.7 Å². The predicted octanol–water partition coefficient (Wildman–Crippen LogP) is 4.63. The van der Waals surface area contributed by atoms with Gasteiger partial charge in [0.1, 0.15) is 5.82 Å². The van der Waals surface area contributed by atoms with Crippen LogP contribution in [-0.2, 0) is 4.79 Å². The summed E-state index contributed by atoms with van der Waals surface area (Å²) in [5.41, 5.74) is 2.40. The van der Waals surface area contributed by atoms with Crippen LogP contribution in [0, 0.1) is 20.8 Å². The minimum Gasteiger partial charge on any atom is -0.310 e. The van der Waals surface area contributed by atoms with E-state index in [2.05, 4.69) is 20.4 Å². The Morgan fingerprint density at radius 1 is 1.07 bits per heavy atom. The maximum absolute atomic E-state index is 12.4. The average molecular weight is 422 g/mol. The molecule has 140 valence electrons. The standard InChI is InChI=1S/C18H17Cl2N5OS/c1-10-7-11(2)22-18(21-10)25-15(8-12(3)24-25)23-16(26)9-27-17-13(19)5-4-6-14(17)20/h4-8H,9H2,1-3H3,(H,23,26). The molecule has 0 aliphatic heterocycles. The molecule has 6 nitrogen and oxygen atoms in total. The minimum atomic E-state index is -0.207. The number of nitrogens with one attached hydrogen (secondary N) is 1. The van der Waals surface area contributed by atoms with Crippen LogP contribution in [0.5, 0.6) is 0 Å². The van der Waals surface area contributed by atoms with Gasteiger partial charge in [-0.1, -0.05) is 29.3 Å². The number of carbonyl (C=O) groups is 1. The van der Waals surface area contributed by atoms with E-state index in [1.54, 1.807) is 24.3 Å². The van der Waals surface area contributed by atoms with E-state index in [0.29, 0.717) is 26.7 Å². The van der Waals surface area contributed by atoms with Crippen LogP contribution < -0.4 is 5.32 Å². The number of hydrogen-bond acceptors (Lipinski definition) is 5. The van der Waals surface area contributed by atoms with Crippen molar-refractivity contribution >= 4 is 46.7 Å². The second-order valence-electron chi connectivity index (χ2n) is 5.92. The molecule has 0 unspecified atom stereocenters. The zero-order valence-corrected chi connectivity index (χ0v) is 17.3. The SMILES string of the molecule is Cc1cc(C)nc(-n2nc(C)cc2NC(=O)CSc2c(Cl)cccc2Cl)n1. The Morgan fingerprint density at radius 2 is 1.70 bits per heavy atom. The first-order valence-electron chi connectivity index (χ1n) is 8.09. The van der Waals surface area contributed by atoms with Crippen LogP contribution in [0.3, 0.4) is 0 Å². The monoisotopic (exact) mass is 421 g/mol. The normalized spacial score (nSPS) is 10.9. The van der Waals surface area contributed by atoms with Crippen molar-refractivity contribution in [2.75, 3.05) is 11.1 Å². The summed E-state index contributed by atoms with van der Waals surface area (Å²) in [6.45, 7) is 5.61. The Hall–Kier alpha value is -2.09. The molecule has 1 amide bonds. The lowest BCUT2D eigenvalue weighted by Gasteiger charge is -2.09. The van der Waals surface area contributed by atoms with Crippen LogP contribution in [0.15, 0.2) is 35.2 Å². The Bertz CT molecular complexity index is 965. The van der Waals surface area contributed by atoms with Crippen molar-refractivity contribution in [3.63, 3.8) is 0 Å². The lowest BCUT2D eigenvalue weighted by Crippen LogP contribution is -2.18. The van der Waals surface area contributed by atoms with Gasteiger partial charge in [0.2, 0.25) is 5.91 Å². The molecule has 1 aromatic carbocycles. The highest BCUT2D eigenvalue weighted by atomic mass is 35.5. The van der Waals surface area contributed by atoms with Gasteiger partial charge in [0.05, 0.1) is 21.5 Å².